The molecule has 0 bridgehead atoms. The van der Waals surface area contributed by atoms with Crippen LogP contribution in [0, 0.1) is 5.92 Å². The Kier molecular flexibility index (Phi) is 6.22. The van der Waals surface area contributed by atoms with Crippen molar-refractivity contribution in [3.8, 4) is 5.75 Å². The van der Waals surface area contributed by atoms with E-state index >= 15 is 0 Å². The molecule has 0 aliphatic heterocycles. The monoisotopic (exact) mass is 251 g/mol. The highest BCUT2D eigenvalue weighted by atomic mass is 16.5. The molecule has 0 heterocycles. The number of carboxylic acid groups (broad SMARTS) is 1. The van der Waals surface area contributed by atoms with E-state index in [9.17, 15) is 4.79 Å². The van der Waals surface area contributed by atoms with Gasteiger partial charge in [-0.05, 0) is 18.1 Å². The second-order valence-corrected chi connectivity index (χ2v) is 4.68. The fraction of sp³-hybridized carbons (Fsp3) is 0.500. The summed E-state index contributed by atoms with van der Waals surface area (Å²) in [5, 5.41) is 8.83. The first-order valence-corrected chi connectivity index (χ1v) is 6.20. The summed E-state index contributed by atoms with van der Waals surface area (Å²) in [6.45, 7) is 6.12. The van der Waals surface area contributed by atoms with E-state index < -0.39 is 5.97 Å². The number of benzene rings is 1. The smallest absolute Gasteiger partial charge is 0.317 e. The van der Waals surface area contributed by atoms with Gasteiger partial charge in [0.25, 0.3) is 0 Å². The second-order valence-electron chi connectivity index (χ2n) is 4.68. The summed E-state index contributed by atoms with van der Waals surface area (Å²) in [7, 11) is 0. The lowest BCUT2D eigenvalue weighted by Gasteiger charge is -2.22. The third kappa shape index (κ3) is 6.25. The van der Waals surface area contributed by atoms with Gasteiger partial charge < -0.3 is 9.84 Å². The Morgan fingerprint density at radius 1 is 1.33 bits per heavy atom. The summed E-state index contributed by atoms with van der Waals surface area (Å²) in [6.07, 6.45) is 0. The number of carboxylic acids is 1. The van der Waals surface area contributed by atoms with Crippen LogP contribution in [-0.2, 0) is 4.79 Å². The van der Waals surface area contributed by atoms with E-state index in [0.717, 1.165) is 12.3 Å². The summed E-state index contributed by atoms with van der Waals surface area (Å²) in [4.78, 5) is 12.6. The molecule has 1 aromatic rings. The lowest BCUT2D eigenvalue weighted by molar-refractivity contribution is -0.138. The van der Waals surface area contributed by atoms with Gasteiger partial charge in [0.1, 0.15) is 12.4 Å². The average molecular weight is 251 g/mol. The minimum absolute atomic E-state index is 0.0658. The Morgan fingerprint density at radius 2 is 2.00 bits per heavy atom. The Bertz CT molecular complexity index is 351. The largest absolute Gasteiger partial charge is 0.492 e. The molecule has 0 atom stereocenters. The van der Waals surface area contributed by atoms with Gasteiger partial charge in [-0.25, -0.2) is 0 Å². The van der Waals surface area contributed by atoms with Crippen LogP contribution in [-0.4, -0.2) is 42.2 Å². The molecule has 4 nitrogen and oxygen atoms in total. The fourth-order valence-electron chi connectivity index (χ4n) is 1.75. The Morgan fingerprint density at radius 3 is 2.56 bits per heavy atom. The third-order valence-electron chi connectivity index (χ3n) is 2.40. The van der Waals surface area contributed by atoms with Gasteiger partial charge in [-0.1, -0.05) is 32.0 Å². The van der Waals surface area contributed by atoms with E-state index in [1.807, 2.05) is 35.2 Å². The van der Waals surface area contributed by atoms with Crippen LogP contribution in [0.4, 0.5) is 0 Å². The van der Waals surface area contributed by atoms with Crippen molar-refractivity contribution in [2.75, 3.05) is 26.2 Å². The summed E-state index contributed by atoms with van der Waals surface area (Å²) in [6, 6.07) is 9.55. The van der Waals surface area contributed by atoms with Crippen LogP contribution in [0.5, 0.6) is 5.75 Å². The molecule has 0 saturated heterocycles. The second kappa shape index (κ2) is 7.71. The highest BCUT2D eigenvalue weighted by Crippen LogP contribution is 2.08. The summed E-state index contributed by atoms with van der Waals surface area (Å²) < 4.78 is 5.57. The number of hydrogen-bond acceptors (Lipinski definition) is 3. The van der Waals surface area contributed by atoms with Gasteiger partial charge in [0.2, 0.25) is 0 Å². The minimum Gasteiger partial charge on any atom is -0.492 e. The van der Waals surface area contributed by atoms with Crippen LogP contribution < -0.4 is 4.74 Å². The SMILES string of the molecule is CC(C)CN(CCOc1ccccc1)CC(=O)O. The fourth-order valence-corrected chi connectivity index (χ4v) is 1.75. The van der Waals surface area contributed by atoms with Crippen LogP contribution in [0.3, 0.4) is 0 Å². The topological polar surface area (TPSA) is 49.8 Å². The molecule has 0 aliphatic carbocycles. The highest BCUT2D eigenvalue weighted by molar-refractivity contribution is 5.69. The first-order chi connectivity index (χ1) is 8.58. The van der Waals surface area contributed by atoms with Crippen molar-refractivity contribution in [1.29, 1.82) is 0 Å². The molecule has 100 valence electrons. The Labute approximate surface area is 108 Å². The van der Waals surface area contributed by atoms with E-state index in [4.69, 9.17) is 9.84 Å². The first kappa shape index (κ1) is 14.5. The van der Waals surface area contributed by atoms with Crippen molar-refractivity contribution in [1.82, 2.24) is 4.90 Å². The van der Waals surface area contributed by atoms with Crippen molar-refractivity contribution >= 4 is 5.97 Å². The molecule has 0 unspecified atom stereocenters. The van der Waals surface area contributed by atoms with E-state index in [0.29, 0.717) is 19.1 Å². The van der Waals surface area contributed by atoms with E-state index in [2.05, 4.69) is 13.8 Å². The van der Waals surface area contributed by atoms with Crippen LogP contribution in [0.15, 0.2) is 30.3 Å². The number of hydrogen-bond donors (Lipinski definition) is 1. The van der Waals surface area contributed by atoms with E-state index in [-0.39, 0.29) is 6.54 Å². The van der Waals surface area contributed by atoms with Gasteiger partial charge in [-0.15, -0.1) is 0 Å². The molecule has 0 saturated carbocycles. The zero-order valence-electron chi connectivity index (χ0n) is 11.0. The molecule has 1 rings (SSSR count). The summed E-state index contributed by atoms with van der Waals surface area (Å²) in [5.41, 5.74) is 0. The maximum atomic E-state index is 10.7. The quantitative estimate of drug-likeness (QED) is 0.768. The maximum Gasteiger partial charge on any atom is 0.317 e. The molecular weight excluding hydrogens is 230 g/mol. The Balaban J connectivity index is 2.34. The lowest BCUT2D eigenvalue weighted by atomic mass is 10.2. The van der Waals surface area contributed by atoms with Gasteiger partial charge in [0.05, 0.1) is 6.54 Å². The minimum atomic E-state index is -0.796. The molecule has 0 aromatic heterocycles. The Hall–Kier alpha value is -1.55. The molecule has 1 N–H and O–H groups in total. The molecule has 4 heteroatoms. The predicted octanol–water partition coefficient (Wildman–Crippen LogP) is 2.11. The first-order valence-electron chi connectivity index (χ1n) is 6.20. The van der Waals surface area contributed by atoms with Crippen molar-refractivity contribution in [3.05, 3.63) is 30.3 Å². The van der Waals surface area contributed by atoms with Gasteiger partial charge in [-0.2, -0.15) is 0 Å². The molecular formula is C14H21NO3. The average Bonchev–Trinajstić information content (AvgIpc) is 2.28. The van der Waals surface area contributed by atoms with Crippen molar-refractivity contribution in [3.63, 3.8) is 0 Å². The number of aliphatic carboxylic acids is 1. The molecule has 0 radical (unpaired) electrons. The van der Waals surface area contributed by atoms with Crippen molar-refractivity contribution < 1.29 is 14.6 Å². The van der Waals surface area contributed by atoms with Crippen LogP contribution >= 0.6 is 0 Å². The van der Waals surface area contributed by atoms with Crippen molar-refractivity contribution in [2.45, 2.75) is 13.8 Å². The molecule has 0 spiro atoms. The van der Waals surface area contributed by atoms with Crippen LogP contribution in [0.1, 0.15) is 13.8 Å². The zero-order valence-corrected chi connectivity index (χ0v) is 11.0. The number of nitrogens with zero attached hydrogens (tertiary/aromatic N) is 1. The number of carbonyl (C=O) groups is 1. The third-order valence-corrected chi connectivity index (χ3v) is 2.40. The van der Waals surface area contributed by atoms with Gasteiger partial charge in [-0.3, -0.25) is 9.69 Å². The molecule has 0 amide bonds. The summed E-state index contributed by atoms with van der Waals surface area (Å²) >= 11 is 0. The van der Waals surface area contributed by atoms with Crippen LogP contribution in [0.2, 0.25) is 0 Å². The van der Waals surface area contributed by atoms with Gasteiger partial charge in [0.15, 0.2) is 0 Å². The number of ether oxygens (including phenoxy) is 1. The predicted molar refractivity (Wildman–Crippen MR) is 70.9 cm³/mol. The normalized spacial score (nSPS) is 10.9. The summed E-state index contributed by atoms with van der Waals surface area (Å²) in [5.74, 6) is 0.466. The number of rotatable bonds is 8. The molecule has 0 aliphatic rings. The van der Waals surface area contributed by atoms with Crippen LogP contribution in [0.25, 0.3) is 0 Å². The van der Waals surface area contributed by atoms with Gasteiger partial charge >= 0.3 is 5.97 Å². The highest BCUT2D eigenvalue weighted by Gasteiger charge is 2.11. The van der Waals surface area contributed by atoms with Gasteiger partial charge in [0, 0.05) is 13.1 Å². The van der Waals surface area contributed by atoms with Crippen molar-refractivity contribution in [2.24, 2.45) is 5.92 Å². The maximum absolute atomic E-state index is 10.7. The standard InChI is InChI=1S/C14H21NO3/c1-12(2)10-15(11-14(16)17)8-9-18-13-6-4-3-5-7-13/h3-7,12H,8-11H2,1-2H3,(H,16,17). The molecule has 0 fully saturated rings. The molecule has 1 aromatic carbocycles. The molecule has 18 heavy (non-hydrogen) atoms. The lowest BCUT2D eigenvalue weighted by Crippen LogP contribution is -2.36. The van der Waals surface area contributed by atoms with E-state index in [1.54, 1.807) is 0 Å². The van der Waals surface area contributed by atoms with E-state index in [1.165, 1.54) is 0 Å². The zero-order chi connectivity index (χ0) is 13.4. The number of para-hydroxylation sites is 1.